The molecular formula is C12H15NO4. The standard InChI is InChI=1S/C12H15NO4/c1-3-10(17-2)11(14)13-9-6-4-5-8(7-9)12(15)16/h4-7,10H,3H2,1-2H3,(H,13,14)(H,15,16). The lowest BCUT2D eigenvalue weighted by atomic mass is 10.2. The van der Waals surface area contributed by atoms with Gasteiger partial charge in [0, 0.05) is 12.8 Å². The van der Waals surface area contributed by atoms with Crippen LogP contribution in [-0.4, -0.2) is 30.2 Å². The first kappa shape index (κ1) is 13.2. The highest BCUT2D eigenvalue weighted by atomic mass is 16.5. The molecule has 17 heavy (non-hydrogen) atoms. The molecule has 0 heterocycles. The van der Waals surface area contributed by atoms with Crippen molar-refractivity contribution in [2.75, 3.05) is 12.4 Å². The molecule has 0 saturated carbocycles. The summed E-state index contributed by atoms with van der Waals surface area (Å²) in [7, 11) is 1.46. The van der Waals surface area contributed by atoms with E-state index in [9.17, 15) is 9.59 Å². The molecule has 0 bridgehead atoms. The van der Waals surface area contributed by atoms with Gasteiger partial charge in [-0.3, -0.25) is 4.79 Å². The molecule has 1 rings (SSSR count). The van der Waals surface area contributed by atoms with E-state index in [1.54, 1.807) is 12.1 Å². The summed E-state index contributed by atoms with van der Waals surface area (Å²) in [5.41, 5.74) is 0.582. The van der Waals surface area contributed by atoms with Gasteiger partial charge in [-0.05, 0) is 24.6 Å². The highest BCUT2D eigenvalue weighted by Crippen LogP contribution is 2.12. The van der Waals surface area contributed by atoms with Crippen LogP contribution in [0.4, 0.5) is 5.69 Å². The maximum atomic E-state index is 11.7. The molecule has 92 valence electrons. The molecule has 2 N–H and O–H groups in total. The van der Waals surface area contributed by atoms with E-state index in [1.807, 2.05) is 6.92 Å². The van der Waals surface area contributed by atoms with Gasteiger partial charge in [0.1, 0.15) is 6.10 Å². The van der Waals surface area contributed by atoms with Crippen LogP contribution in [0.5, 0.6) is 0 Å². The van der Waals surface area contributed by atoms with Crippen LogP contribution in [0.2, 0.25) is 0 Å². The summed E-state index contributed by atoms with van der Waals surface area (Å²) in [5.74, 6) is -1.31. The Bertz CT molecular complexity index is 413. The Morgan fingerprint density at radius 2 is 2.18 bits per heavy atom. The zero-order valence-corrected chi connectivity index (χ0v) is 9.77. The van der Waals surface area contributed by atoms with Crippen molar-refractivity contribution in [3.63, 3.8) is 0 Å². The lowest BCUT2D eigenvalue weighted by Gasteiger charge is -2.13. The lowest BCUT2D eigenvalue weighted by Crippen LogP contribution is -2.28. The highest BCUT2D eigenvalue weighted by molar-refractivity contribution is 5.96. The maximum Gasteiger partial charge on any atom is 0.335 e. The molecule has 0 aromatic heterocycles. The number of hydrogen-bond acceptors (Lipinski definition) is 3. The minimum Gasteiger partial charge on any atom is -0.478 e. The van der Waals surface area contributed by atoms with E-state index in [0.29, 0.717) is 12.1 Å². The fourth-order valence-electron chi connectivity index (χ4n) is 1.41. The van der Waals surface area contributed by atoms with Gasteiger partial charge in [-0.1, -0.05) is 13.0 Å². The van der Waals surface area contributed by atoms with Gasteiger partial charge in [-0.15, -0.1) is 0 Å². The van der Waals surface area contributed by atoms with Crippen molar-refractivity contribution < 1.29 is 19.4 Å². The summed E-state index contributed by atoms with van der Waals surface area (Å²) in [4.78, 5) is 22.4. The van der Waals surface area contributed by atoms with Gasteiger partial charge in [0.25, 0.3) is 5.91 Å². The van der Waals surface area contributed by atoms with Crippen molar-refractivity contribution in [1.82, 2.24) is 0 Å². The third kappa shape index (κ3) is 3.57. The number of amides is 1. The molecule has 0 fully saturated rings. The molecule has 1 amide bonds. The molecule has 5 nitrogen and oxygen atoms in total. The lowest BCUT2D eigenvalue weighted by molar-refractivity contribution is -0.125. The van der Waals surface area contributed by atoms with E-state index in [0.717, 1.165) is 0 Å². The maximum absolute atomic E-state index is 11.7. The largest absolute Gasteiger partial charge is 0.478 e. The minimum atomic E-state index is -1.03. The summed E-state index contributed by atoms with van der Waals surface area (Å²) in [6, 6.07) is 6.08. The van der Waals surface area contributed by atoms with Crippen molar-refractivity contribution >= 4 is 17.6 Å². The molecule has 0 radical (unpaired) electrons. The van der Waals surface area contributed by atoms with Gasteiger partial charge < -0.3 is 15.2 Å². The molecular weight excluding hydrogens is 222 g/mol. The predicted octanol–water partition coefficient (Wildman–Crippen LogP) is 1.75. The van der Waals surface area contributed by atoms with Crippen LogP contribution in [0.15, 0.2) is 24.3 Å². The smallest absolute Gasteiger partial charge is 0.335 e. The number of aromatic carboxylic acids is 1. The molecule has 0 aliphatic rings. The Kier molecular flexibility index (Phi) is 4.66. The highest BCUT2D eigenvalue weighted by Gasteiger charge is 2.15. The number of nitrogens with one attached hydrogen (secondary N) is 1. The molecule has 0 aliphatic carbocycles. The van der Waals surface area contributed by atoms with Crippen molar-refractivity contribution in [1.29, 1.82) is 0 Å². The zero-order chi connectivity index (χ0) is 12.8. The summed E-state index contributed by atoms with van der Waals surface area (Å²) < 4.78 is 4.98. The van der Waals surface area contributed by atoms with Gasteiger partial charge in [0.15, 0.2) is 0 Å². The second kappa shape index (κ2) is 6.00. The van der Waals surface area contributed by atoms with Crippen LogP contribution >= 0.6 is 0 Å². The van der Waals surface area contributed by atoms with Crippen molar-refractivity contribution in [2.24, 2.45) is 0 Å². The summed E-state index contributed by atoms with van der Waals surface area (Å²) in [6.07, 6.45) is 0.0320. The van der Waals surface area contributed by atoms with E-state index in [4.69, 9.17) is 9.84 Å². The molecule has 1 atom stereocenters. The quantitative estimate of drug-likeness (QED) is 0.818. The Hall–Kier alpha value is -1.88. The normalized spacial score (nSPS) is 11.9. The molecule has 0 aliphatic heterocycles. The average molecular weight is 237 g/mol. The number of hydrogen-bond donors (Lipinski definition) is 2. The van der Waals surface area contributed by atoms with Crippen molar-refractivity contribution in [2.45, 2.75) is 19.4 Å². The van der Waals surface area contributed by atoms with Crippen LogP contribution in [0.25, 0.3) is 0 Å². The van der Waals surface area contributed by atoms with Gasteiger partial charge >= 0.3 is 5.97 Å². The Labute approximate surface area is 99.4 Å². The summed E-state index contributed by atoms with van der Waals surface area (Å²) >= 11 is 0. The Morgan fingerprint density at radius 3 is 2.71 bits per heavy atom. The van der Waals surface area contributed by atoms with E-state index in [2.05, 4.69) is 5.32 Å². The topological polar surface area (TPSA) is 75.6 Å². The fraction of sp³-hybridized carbons (Fsp3) is 0.333. The molecule has 0 spiro atoms. The zero-order valence-electron chi connectivity index (χ0n) is 9.77. The molecule has 1 aromatic rings. The van der Waals surface area contributed by atoms with Crippen molar-refractivity contribution in [3.8, 4) is 0 Å². The van der Waals surface area contributed by atoms with Gasteiger partial charge in [-0.25, -0.2) is 4.79 Å². The average Bonchev–Trinajstić information content (AvgIpc) is 2.30. The van der Waals surface area contributed by atoms with E-state index >= 15 is 0 Å². The van der Waals surface area contributed by atoms with Crippen LogP contribution in [0.3, 0.4) is 0 Å². The minimum absolute atomic E-state index is 0.133. The third-order valence-electron chi connectivity index (χ3n) is 2.32. The molecule has 5 heteroatoms. The number of carboxylic acids is 1. The van der Waals surface area contributed by atoms with Crippen molar-refractivity contribution in [3.05, 3.63) is 29.8 Å². The predicted molar refractivity (Wildman–Crippen MR) is 63.1 cm³/mol. The Balaban J connectivity index is 2.78. The number of methoxy groups -OCH3 is 1. The van der Waals surface area contributed by atoms with E-state index < -0.39 is 12.1 Å². The van der Waals surface area contributed by atoms with Crippen LogP contribution in [-0.2, 0) is 9.53 Å². The van der Waals surface area contributed by atoms with Crippen LogP contribution in [0, 0.1) is 0 Å². The molecule has 1 unspecified atom stereocenters. The monoisotopic (exact) mass is 237 g/mol. The first-order valence-electron chi connectivity index (χ1n) is 5.25. The first-order valence-corrected chi connectivity index (χ1v) is 5.25. The van der Waals surface area contributed by atoms with Gasteiger partial charge in [0.2, 0.25) is 0 Å². The Morgan fingerprint density at radius 1 is 1.47 bits per heavy atom. The van der Waals surface area contributed by atoms with E-state index in [-0.39, 0.29) is 11.5 Å². The summed E-state index contributed by atoms with van der Waals surface area (Å²) in [5, 5.41) is 11.4. The van der Waals surface area contributed by atoms with Gasteiger partial charge in [0.05, 0.1) is 5.56 Å². The third-order valence-corrected chi connectivity index (χ3v) is 2.32. The fourth-order valence-corrected chi connectivity index (χ4v) is 1.41. The number of carbonyl (C=O) groups is 2. The SMILES string of the molecule is CCC(OC)C(=O)Nc1cccc(C(=O)O)c1. The number of rotatable bonds is 5. The number of ether oxygens (including phenoxy) is 1. The molecule has 0 saturated heterocycles. The number of carbonyl (C=O) groups excluding carboxylic acids is 1. The summed E-state index contributed by atoms with van der Waals surface area (Å²) in [6.45, 7) is 1.83. The number of anilines is 1. The first-order chi connectivity index (χ1) is 8.08. The number of benzene rings is 1. The number of carboxylic acid groups (broad SMARTS) is 1. The van der Waals surface area contributed by atoms with Gasteiger partial charge in [-0.2, -0.15) is 0 Å². The van der Waals surface area contributed by atoms with E-state index in [1.165, 1.54) is 19.2 Å². The van der Waals surface area contributed by atoms with Crippen LogP contribution in [0.1, 0.15) is 23.7 Å². The second-order valence-electron chi connectivity index (χ2n) is 3.51. The van der Waals surface area contributed by atoms with Crippen LogP contribution < -0.4 is 5.32 Å². The molecule has 1 aromatic carbocycles. The second-order valence-corrected chi connectivity index (χ2v) is 3.51.